The van der Waals surface area contributed by atoms with Gasteiger partial charge in [-0.1, -0.05) is 6.07 Å². The minimum Gasteiger partial charge on any atom is -0.374 e. The van der Waals surface area contributed by atoms with Crippen molar-refractivity contribution in [1.82, 2.24) is 10.2 Å². The van der Waals surface area contributed by atoms with Crippen LogP contribution in [-0.4, -0.2) is 49.1 Å². The van der Waals surface area contributed by atoms with E-state index in [-0.39, 0.29) is 12.5 Å². The van der Waals surface area contributed by atoms with Crippen molar-refractivity contribution in [3.8, 4) is 0 Å². The number of anilines is 1. The van der Waals surface area contributed by atoms with E-state index in [4.69, 9.17) is 0 Å². The first kappa shape index (κ1) is 16.1. The van der Waals surface area contributed by atoms with Crippen molar-refractivity contribution in [2.24, 2.45) is 0 Å². The molecule has 1 fully saturated rings. The Morgan fingerprint density at radius 1 is 1.41 bits per heavy atom. The summed E-state index contributed by atoms with van der Waals surface area (Å²) in [5.74, 6) is -0.859. The van der Waals surface area contributed by atoms with Gasteiger partial charge in [-0.15, -0.1) is 0 Å². The van der Waals surface area contributed by atoms with Crippen LogP contribution in [0.1, 0.15) is 16.8 Å². The molecule has 0 bridgehead atoms. The van der Waals surface area contributed by atoms with Crippen LogP contribution in [0.3, 0.4) is 0 Å². The largest absolute Gasteiger partial charge is 0.406 e. The van der Waals surface area contributed by atoms with Gasteiger partial charge in [0, 0.05) is 24.8 Å². The van der Waals surface area contributed by atoms with Gasteiger partial charge in [-0.3, -0.25) is 9.59 Å². The normalized spacial score (nSPS) is 18.5. The van der Waals surface area contributed by atoms with Crippen LogP contribution >= 0.6 is 0 Å². The molecule has 0 aromatic heterocycles. The van der Waals surface area contributed by atoms with Crippen molar-refractivity contribution < 1.29 is 22.8 Å². The van der Waals surface area contributed by atoms with Gasteiger partial charge in [0.15, 0.2) is 0 Å². The zero-order chi connectivity index (χ0) is 16.3. The van der Waals surface area contributed by atoms with Crippen LogP contribution in [0.5, 0.6) is 0 Å². The molecule has 0 spiro atoms. The Hall–Kier alpha value is -2.25. The zero-order valence-corrected chi connectivity index (χ0v) is 11.9. The Kier molecular flexibility index (Phi) is 4.58. The smallest absolute Gasteiger partial charge is 0.374 e. The zero-order valence-electron chi connectivity index (χ0n) is 11.9. The van der Waals surface area contributed by atoms with E-state index in [2.05, 4.69) is 10.6 Å². The average Bonchev–Trinajstić information content (AvgIpc) is 2.78. The van der Waals surface area contributed by atoms with E-state index >= 15 is 0 Å². The molecule has 2 rings (SSSR count). The Bertz CT molecular complexity index is 575. The summed E-state index contributed by atoms with van der Waals surface area (Å²) in [6.45, 7) is -1.17. The molecule has 22 heavy (non-hydrogen) atoms. The lowest BCUT2D eigenvalue weighted by Crippen LogP contribution is -2.39. The summed E-state index contributed by atoms with van der Waals surface area (Å²) in [5.41, 5.74) is 0.929. The SMILES string of the molecule is CNC(=O)c1cccc(N[C@H]2CCN(CC(F)(F)F)C2=O)c1. The minimum atomic E-state index is -4.40. The third-order valence-electron chi connectivity index (χ3n) is 3.36. The summed E-state index contributed by atoms with van der Waals surface area (Å²) < 4.78 is 37.1. The number of likely N-dealkylation sites (tertiary alicyclic amines) is 1. The van der Waals surface area contributed by atoms with Crippen molar-refractivity contribution in [1.29, 1.82) is 0 Å². The number of amides is 2. The molecule has 1 heterocycles. The fourth-order valence-electron chi connectivity index (χ4n) is 2.34. The highest BCUT2D eigenvalue weighted by Gasteiger charge is 2.39. The van der Waals surface area contributed by atoms with Crippen LogP contribution in [0.15, 0.2) is 24.3 Å². The van der Waals surface area contributed by atoms with Gasteiger partial charge >= 0.3 is 6.18 Å². The molecule has 120 valence electrons. The molecule has 1 aromatic carbocycles. The molecule has 0 unspecified atom stereocenters. The number of carbonyl (C=O) groups excluding carboxylic acids is 2. The van der Waals surface area contributed by atoms with Crippen molar-refractivity contribution >= 4 is 17.5 Å². The van der Waals surface area contributed by atoms with Crippen molar-refractivity contribution in [2.75, 3.05) is 25.5 Å². The summed E-state index contributed by atoms with van der Waals surface area (Å²) in [7, 11) is 1.50. The molecule has 1 aliphatic heterocycles. The summed E-state index contributed by atoms with van der Waals surface area (Å²) >= 11 is 0. The molecule has 1 aliphatic rings. The Labute approximate surface area is 125 Å². The van der Waals surface area contributed by atoms with Crippen LogP contribution in [0.2, 0.25) is 0 Å². The van der Waals surface area contributed by atoms with E-state index in [9.17, 15) is 22.8 Å². The van der Waals surface area contributed by atoms with Crippen LogP contribution in [0, 0.1) is 0 Å². The van der Waals surface area contributed by atoms with Crippen LogP contribution < -0.4 is 10.6 Å². The van der Waals surface area contributed by atoms with E-state index in [1.807, 2.05) is 0 Å². The predicted octanol–water partition coefficient (Wildman–Crippen LogP) is 1.62. The highest BCUT2D eigenvalue weighted by atomic mass is 19.4. The van der Waals surface area contributed by atoms with Gasteiger partial charge in [-0.2, -0.15) is 13.2 Å². The van der Waals surface area contributed by atoms with Gasteiger partial charge in [0.25, 0.3) is 5.91 Å². The lowest BCUT2D eigenvalue weighted by atomic mass is 10.1. The molecule has 8 heteroatoms. The quantitative estimate of drug-likeness (QED) is 0.887. The molecule has 1 aromatic rings. The molecule has 2 amide bonds. The van der Waals surface area contributed by atoms with Gasteiger partial charge in [0.05, 0.1) is 0 Å². The lowest BCUT2D eigenvalue weighted by Gasteiger charge is -2.19. The molecule has 0 aliphatic carbocycles. The summed E-state index contributed by atoms with van der Waals surface area (Å²) in [5, 5.41) is 5.36. The molecule has 5 nitrogen and oxygen atoms in total. The Morgan fingerprint density at radius 2 is 2.14 bits per heavy atom. The van der Waals surface area contributed by atoms with Crippen molar-refractivity contribution in [3.05, 3.63) is 29.8 Å². The maximum absolute atomic E-state index is 12.4. The molecular weight excluding hydrogens is 299 g/mol. The fourth-order valence-corrected chi connectivity index (χ4v) is 2.34. The van der Waals surface area contributed by atoms with E-state index in [0.29, 0.717) is 17.7 Å². The number of halogens is 3. The number of nitrogens with one attached hydrogen (secondary N) is 2. The average molecular weight is 315 g/mol. The fraction of sp³-hybridized carbons (Fsp3) is 0.429. The predicted molar refractivity (Wildman–Crippen MR) is 74.5 cm³/mol. The summed E-state index contributed by atoms with van der Waals surface area (Å²) in [4.78, 5) is 24.3. The topological polar surface area (TPSA) is 61.4 Å². The molecule has 1 saturated heterocycles. The highest BCUT2D eigenvalue weighted by Crippen LogP contribution is 2.23. The number of nitrogens with zero attached hydrogens (tertiary/aromatic N) is 1. The molecule has 1 atom stereocenters. The van der Waals surface area contributed by atoms with Gasteiger partial charge < -0.3 is 15.5 Å². The first-order valence-electron chi connectivity index (χ1n) is 6.74. The number of hydrogen-bond acceptors (Lipinski definition) is 3. The van der Waals surface area contributed by atoms with E-state index in [1.165, 1.54) is 7.05 Å². The van der Waals surface area contributed by atoms with Crippen LogP contribution in [-0.2, 0) is 4.79 Å². The second-order valence-electron chi connectivity index (χ2n) is 5.02. The molecule has 2 N–H and O–H groups in total. The molecule has 0 radical (unpaired) electrons. The first-order chi connectivity index (χ1) is 10.3. The first-order valence-corrected chi connectivity index (χ1v) is 6.74. The van der Waals surface area contributed by atoms with Crippen molar-refractivity contribution in [3.63, 3.8) is 0 Å². The number of rotatable bonds is 4. The van der Waals surface area contributed by atoms with E-state index in [0.717, 1.165) is 4.90 Å². The third-order valence-corrected chi connectivity index (χ3v) is 3.36. The van der Waals surface area contributed by atoms with Gasteiger partial charge in [0.2, 0.25) is 5.91 Å². The molecular formula is C14H16F3N3O2. The number of benzene rings is 1. The third kappa shape index (κ3) is 3.90. The number of alkyl halides is 3. The summed E-state index contributed by atoms with van der Waals surface area (Å²) in [6.07, 6.45) is -4.11. The number of hydrogen-bond donors (Lipinski definition) is 2. The second-order valence-corrected chi connectivity index (χ2v) is 5.02. The van der Waals surface area contributed by atoms with E-state index in [1.54, 1.807) is 24.3 Å². The molecule has 0 saturated carbocycles. The monoisotopic (exact) mass is 315 g/mol. The van der Waals surface area contributed by atoms with Crippen LogP contribution in [0.25, 0.3) is 0 Å². The van der Waals surface area contributed by atoms with Crippen molar-refractivity contribution in [2.45, 2.75) is 18.6 Å². The Morgan fingerprint density at radius 3 is 2.77 bits per heavy atom. The Balaban J connectivity index is 2.03. The minimum absolute atomic E-state index is 0.0607. The highest BCUT2D eigenvalue weighted by molar-refractivity contribution is 5.95. The second kappa shape index (κ2) is 6.25. The number of carbonyl (C=O) groups is 2. The maximum Gasteiger partial charge on any atom is 0.406 e. The lowest BCUT2D eigenvalue weighted by molar-refractivity contribution is -0.157. The standard InChI is InChI=1S/C14H16F3N3O2/c1-18-12(21)9-3-2-4-10(7-9)19-11-5-6-20(13(11)22)8-14(15,16)17/h2-4,7,11,19H,5-6,8H2,1H3,(H,18,21)/t11-/m0/s1. The van der Waals surface area contributed by atoms with Gasteiger partial charge in [-0.25, -0.2) is 0 Å². The van der Waals surface area contributed by atoms with Gasteiger partial charge in [-0.05, 0) is 24.6 Å². The summed E-state index contributed by atoms with van der Waals surface area (Å²) in [6, 6.07) is 5.75. The van der Waals surface area contributed by atoms with Crippen LogP contribution in [0.4, 0.5) is 18.9 Å². The van der Waals surface area contributed by atoms with E-state index < -0.39 is 24.7 Å². The van der Waals surface area contributed by atoms with Gasteiger partial charge in [0.1, 0.15) is 12.6 Å². The maximum atomic E-state index is 12.4.